The smallest absolute Gasteiger partial charge is 0.139 e. The molecule has 0 aliphatic rings. The highest BCUT2D eigenvalue weighted by molar-refractivity contribution is 9.10. The molecule has 0 unspecified atom stereocenters. The van der Waals surface area contributed by atoms with Gasteiger partial charge in [-0.1, -0.05) is 54.9 Å². The summed E-state index contributed by atoms with van der Waals surface area (Å²) in [5.41, 5.74) is 3.30. The molecule has 1 heterocycles. The maximum Gasteiger partial charge on any atom is 0.139 e. The molecule has 2 aromatic carbocycles. The number of hydrogen-bond acceptors (Lipinski definition) is 1. The van der Waals surface area contributed by atoms with Gasteiger partial charge in [-0.3, -0.25) is 0 Å². The minimum absolute atomic E-state index is 0.0879. The highest BCUT2D eigenvalue weighted by atomic mass is 79.9. The van der Waals surface area contributed by atoms with E-state index in [0.29, 0.717) is 0 Å². The van der Waals surface area contributed by atoms with Crippen LogP contribution in [0.25, 0.3) is 21.9 Å². The van der Waals surface area contributed by atoms with Crippen molar-refractivity contribution in [2.24, 2.45) is 0 Å². The first kappa shape index (κ1) is 11.8. The van der Waals surface area contributed by atoms with E-state index in [1.165, 1.54) is 16.3 Å². The number of fused-ring (bicyclic) bond motifs is 3. The van der Waals surface area contributed by atoms with Gasteiger partial charge in [-0.2, -0.15) is 0 Å². The zero-order valence-corrected chi connectivity index (χ0v) is 12.3. The van der Waals surface area contributed by atoms with Crippen LogP contribution in [-0.2, 0) is 5.41 Å². The SMILES string of the molecule is CC(C)(C)c1cccc2c1oc1cc(Br)ccc12. The van der Waals surface area contributed by atoms with Crippen LogP contribution in [0.15, 0.2) is 45.3 Å². The Morgan fingerprint density at radius 2 is 1.78 bits per heavy atom. The third kappa shape index (κ3) is 1.76. The van der Waals surface area contributed by atoms with Crippen LogP contribution in [0.4, 0.5) is 0 Å². The Morgan fingerprint density at radius 1 is 1.00 bits per heavy atom. The number of furan rings is 1. The van der Waals surface area contributed by atoms with Crippen molar-refractivity contribution >= 4 is 37.9 Å². The Balaban J connectivity index is 2.46. The molecule has 0 amide bonds. The topological polar surface area (TPSA) is 13.1 Å². The van der Waals surface area contributed by atoms with Crippen molar-refractivity contribution in [3.63, 3.8) is 0 Å². The second-order valence-corrected chi connectivity index (χ2v) is 6.59. The van der Waals surface area contributed by atoms with Gasteiger partial charge in [0.15, 0.2) is 0 Å². The molecule has 0 bridgehead atoms. The lowest BCUT2D eigenvalue weighted by atomic mass is 9.86. The summed E-state index contributed by atoms with van der Waals surface area (Å²) < 4.78 is 7.11. The summed E-state index contributed by atoms with van der Waals surface area (Å²) in [4.78, 5) is 0. The molecular formula is C16H15BrO. The van der Waals surface area contributed by atoms with Crippen molar-refractivity contribution in [3.05, 3.63) is 46.4 Å². The highest BCUT2D eigenvalue weighted by Crippen LogP contribution is 2.36. The molecule has 1 aromatic heterocycles. The minimum atomic E-state index is 0.0879. The lowest BCUT2D eigenvalue weighted by Crippen LogP contribution is -2.10. The summed E-state index contributed by atoms with van der Waals surface area (Å²) in [6.45, 7) is 6.64. The van der Waals surface area contributed by atoms with E-state index in [1.54, 1.807) is 0 Å². The van der Waals surface area contributed by atoms with Gasteiger partial charge in [-0.05, 0) is 23.6 Å². The summed E-state index contributed by atoms with van der Waals surface area (Å²) in [7, 11) is 0. The van der Waals surface area contributed by atoms with Crippen molar-refractivity contribution in [2.75, 3.05) is 0 Å². The number of hydrogen-bond donors (Lipinski definition) is 0. The number of benzene rings is 2. The van der Waals surface area contributed by atoms with Crippen molar-refractivity contribution in [3.8, 4) is 0 Å². The molecule has 0 spiro atoms. The molecule has 92 valence electrons. The standard InChI is InChI=1S/C16H15BrO/c1-16(2,3)13-6-4-5-12-11-8-7-10(17)9-14(11)18-15(12)13/h4-9H,1-3H3. The lowest BCUT2D eigenvalue weighted by Gasteiger charge is -2.18. The van der Waals surface area contributed by atoms with E-state index in [-0.39, 0.29) is 5.41 Å². The van der Waals surface area contributed by atoms with Crippen LogP contribution in [0, 0.1) is 0 Å². The Hall–Kier alpha value is -1.28. The maximum absolute atomic E-state index is 6.06. The van der Waals surface area contributed by atoms with E-state index in [2.05, 4.69) is 67.0 Å². The number of halogens is 1. The normalized spacial score (nSPS) is 12.4. The monoisotopic (exact) mass is 302 g/mol. The molecule has 2 heteroatoms. The van der Waals surface area contributed by atoms with Gasteiger partial charge in [-0.15, -0.1) is 0 Å². The molecule has 3 rings (SSSR count). The highest BCUT2D eigenvalue weighted by Gasteiger charge is 2.20. The maximum atomic E-state index is 6.06. The Morgan fingerprint density at radius 3 is 2.50 bits per heavy atom. The van der Waals surface area contributed by atoms with Crippen LogP contribution in [0.3, 0.4) is 0 Å². The summed E-state index contributed by atoms with van der Waals surface area (Å²) >= 11 is 3.49. The summed E-state index contributed by atoms with van der Waals surface area (Å²) in [5.74, 6) is 0. The van der Waals surface area contributed by atoms with Gasteiger partial charge in [0.05, 0.1) is 0 Å². The molecule has 3 aromatic rings. The molecule has 0 saturated carbocycles. The van der Waals surface area contributed by atoms with Crippen molar-refractivity contribution in [1.29, 1.82) is 0 Å². The molecule has 1 nitrogen and oxygen atoms in total. The predicted octanol–water partition coefficient (Wildman–Crippen LogP) is 5.65. The predicted molar refractivity (Wildman–Crippen MR) is 80.1 cm³/mol. The molecule has 0 radical (unpaired) electrons. The summed E-state index contributed by atoms with van der Waals surface area (Å²) in [5, 5.41) is 2.38. The van der Waals surface area contributed by atoms with Crippen LogP contribution < -0.4 is 0 Å². The van der Waals surface area contributed by atoms with E-state index < -0.39 is 0 Å². The van der Waals surface area contributed by atoms with Gasteiger partial charge >= 0.3 is 0 Å². The Bertz CT molecular complexity index is 732. The van der Waals surface area contributed by atoms with Crippen LogP contribution in [0.1, 0.15) is 26.3 Å². The fraction of sp³-hybridized carbons (Fsp3) is 0.250. The fourth-order valence-electron chi connectivity index (χ4n) is 2.36. The quantitative estimate of drug-likeness (QED) is 0.523. The average molecular weight is 303 g/mol. The summed E-state index contributed by atoms with van der Waals surface area (Å²) in [6.07, 6.45) is 0. The average Bonchev–Trinajstić information content (AvgIpc) is 2.64. The molecule has 0 N–H and O–H groups in total. The Labute approximate surface area is 115 Å². The van der Waals surface area contributed by atoms with Gasteiger partial charge in [0, 0.05) is 20.8 Å². The van der Waals surface area contributed by atoms with Crippen LogP contribution in [0.5, 0.6) is 0 Å². The fourth-order valence-corrected chi connectivity index (χ4v) is 2.70. The van der Waals surface area contributed by atoms with E-state index in [9.17, 15) is 0 Å². The second-order valence-electron chi connectivity index (χ2n) is 5.67. The first-order valence-corrected chi connectivity index (χ1v) is 6.87. The third-order valence-corrected chi connectivity index (χ3v) is 3.76. The van der Waals surface area contributed by atoms with Gasteiger partial charge in [-0.25, -0.2) is 0 Å². The van der Waals surface area contributed by atoms with Gasteiger partial charge in [0.25, 0.3) is 0 Å². The van der Waals surface area contributed by atoms with Gasteiger partial charge in [0.2, 0.25) is 0 Å². The second kappa shape index (κ2) is 3.86. The molecule has 0 aliphatic heterocycles. The zero-order valence-electron chi connectivity index (χ0n) is 10.8. The zero-order chi connectivity index (χ0) is 12.9. The Kier molecular flexibility index (Phi) is 2.53. The molecule has 0 saturated heterocycles. The van der Waals surface area contributed by atoms with E-state index in [1.807, 2.05) is 6.07 Å². The first-order valence-electron chi connectivity index (χ1n) is 6.08. The number of para-hydroxylation sites is 1. The van der Waals surface area contributed by atoms with E-state index in [4.69, 9.17) is 4.42 Å². The minimum Gasteiger partial charge on any atom is -0.456 e. The van der Waals surface area contributed by atoms with E-state index in [0.717, 1.165) is 15.6 Å². The molecule has 18 heavy (non-hydrogen) atoms. The van der Waals surface area contributed by atoms with Crippen molar-refractivity contribution < 1.29 is 4.42 Å². The van der Waals surface area contributed by atoms with Crippen LogP contribution in [0.2, 0.25) is 0 Å². The largest absolute Gasteiger partial charge is 0.456 e. The van der Waals surface area contributed by atoms with Crippen LogP contribution >= 0.6 is 15.9 Å². The summed E-state index contributed by atoms with van der Waals surface area (Å²) in [6, 6.07) is 12.6. The van der Waals surface area contributed by atoms with Gasteiger partial charge < -0.3 is 4.42 Å². The van der Waals surface area contributed by atoms with Crippen molar-refractivity contribution in [1.82, 2.24) is 0 Å². The van der Waals surface area contributed by atoms with Crippen molar-refractivity contribution in [2.45, 2.75) is 26.2 Å². The van der Waals surface area contributed by atoms with Gasteiger partial charge in [0.1, 0.15) is 11.2 Å². The van der Waals surface area contributed by atoms with Crippen LogP contribution in [-0.4, -0.2) is 0 Å². The number of rotatable bonds is 0. The third-order valence-electron chi connectivity index (χ3n) is 3.27. The molecule has 0 atom stereocenters. The lowest BCUT2D eigenvalue weighted by molar-refractivity contribution is 0.573. The first-order chi connectivity index (χ1) is 8.47. The molecule has 0 aliphatic carbocycles. The van der Waals surface area contributed by atoms with E-state index >= 15 is 0 Å². The molecule has 0 fully saturated rings. The molecular weight excluding hydrogens is 288 g/mol.